The summed E-state index contributed by atoms with van der Waals surface area (Å²) in [6.45, 7) is 3.51. The van der Waals surface area contributed by atoms with E-state index in [9.17, 15) is 18.0 Å². The van der Waals surface area contributed by atoms with Crippen LogP contribution in [0.5, 0.6) is 17.2 Å². The summed E-state index contributed by atoms with van der Waals surface area (Å²) in [5, 5.41) is -0.156. The van der Waals surface area contributed by atoms with Gasteiger partial charge in [-0.3, -0.25) is 0 Å². The van der Waals surface area contributed by atoms with Gasteiger partial charge in [0, 0.05) is 0 Å². The molecule has 0 saturated carbocycles. The fourth-order valence-corrected chi connectivity index (χ4v) is 2.20. The smallest absolute Gasteiger partial charge is 0.416 e. The minimum Gasteiger partial charge on any atom is -0.479 e. The summed E-state index contributed by atoms with van der Waals surface area (Å²) >= 11 is 5.85. The van der Waals surface area contributed by atoms with E-state index in [-0.39, 0.29) is 17.4 Å². The molecule has 26 heavy (non-hydrogen) atoms. The largest absolute Gasteiger partial charge is 0.479 e. The Labute approximate surface area is 153 Å². The lowest BCUT2D eigenvalue weighted by Crippen LogP contribution is -2.25. The minimum atomic E-state index is -4.48. The molecule has 0 N–H and O–H groups in total. The van der Waals surface area contributed by atoms with Gasteiger partial charge in [0.15, 0.2) is 6.10 Å². The Morgan fingerprint density at radius 3 is 2.27 bits per heavy atom. The first kappa shape index (κ1) is 19.9. The van der Waals surface area contributed by atoms with Gasteiger partial charge >= 0.3 is 12.1 Å². The van der Waals surface area contributed by atoms with Crippen molar-refractivity contribution in [2.45, 2.75) is 26.1 Å². The second-order valence-electron chi connectivity index (χ2n) is 5.23. The highest BCUT2D eigenvalue weighted by Gasteiger charge is 2.31. The lowest BCUT2D eigenvalue weighted by Gasteiger charge is -2.14. The Hall–Kier alpha value is -2.41. The molecule has 0 unspecified atom stereocenters. The molecule has 1 atom stereocenters. The van der Waals surface area contributed by atoms with Crippen LogP contribution in [-0.2, 0) is 15.7 Å². The van der Waals surface area contributed by atoms with Gasteiger partial charge in [-0.15, -0.1) is 0 Å². The van der Waals surface area contributed by atoms with Gasteiger partial charge in [0.1, 0.15) is 17.2 Å². The van der Waals surface area contributed by atoms with E-state index >= 15 is 0 Å². The topological polar surface area (TPSA) is 44.8 Å². The Morgan fingerprint density at radius 1 is 1.12 bits per heavy atom. The van der Waals surface area contributed by atoms with Crippen molar-refractivity contribution in [1.82, 2.24) is 0 Å². The summed E-state index contributed by atoms with van der Waals surface area (Å²) in [5.41, 5.74) is -0.855. The molecular weight excluding hydrogens is 373 g/mol. The van der Waals surface area contributed by atoms with E-state index < -0.39 is 23.8 Å². The van der Waals surface area contributed by atoms with E-state index in [1.54, 1.807) is 38.1 Å². The van der Waals surface area contributed by atoms with Gasteiger partial charge in [-0.05, 0) is 56.3 Å². The first-order valence-corrected chi connectivity index (χ1v) is 8.06. The monoisotopic (exact) mass is 388 g/mol. The molecular formula is C18H16ClF3O4. The molecule has 0 amide bonds. The molecule has 0 aliphatic carbocycles. The van der Waals surface area contributed by atoms with Gasteiger partial charge in [-0.25, -0.2) is 4.79 Å². The molecule has 2 rings (SSSR count). The molecule has 0 aliphatic rings. The zero-order chi connectivity index (χ0) is 19.3. The van der Waals surface area contributed by atoms with Gasteiger partial charge in [-0.2, -0.15) is 13.2 Å². The lowest BCUT2D eigenvalue weighted by molar-refractivity contribution is -0.150. The SMILES string of the molecule is CCOC(=O)[C@@H](C)Oc1ccc(Oc2ccc(C(F)(F)F)cc2Cl)cc1. The van der Waals surface area contributed by atoms with E-state index in [4.69, 9.17) is 25.8 Å². The highest BCUT2D eigenvalue weighted by Crippen LogP contribution is 2.36. The number of carbonyl (C=O) groups excluding carboxylic acids is 1. The number of hydrogen-bond donors (Lipinski definition) is 0. The van der Waals surface area contributed by atoms with E-state index in [0.29, 0.717) is 11.5 Å². The number of carbonyl (C=O) groups is 1. The van der Waals surface area contributed by atoms with Crippen LogP contribution < -0.4 is 9.47 Å². The third-order valence-electron chi connectivity index (χ3n) is 3.24. The summed E-state index contributed by atoms with van der Waals surface area (Å²) in [5.74, 6) is 0.372. The van der Waals surface area contributed by atoms with Crippen LogP contribution in [0.25, 0.3) is 0 Å². The standard InChI is InChI=1S/C18H16ClF3O4/c1-3-24-17(23)11(2)25-13-5-7-14(8-6-13)26-16-9-4-12(10-15(16)19)18(20,21)22/h4-11H,3H2,1-2H3/t11-/m1/s1. The highest BCUT2D eigenvalue weighted by atomic mass is 35.5. The zero-order valence-electron chi connectivity index (χ0n) is 14.0. The third-order valence-corrected chi connectivity index (χ3v) is 3.54. The normalized spacial score (nSPS) is 12.4. The van der Waals surface area contributed by atoms with Crippen molar-refractivity contribution < 1.29 is 32.2 Å². The Morgan fingerprint density at radius 2 is 1.73 bits per heavy atom. The van der Waals surface area contributed by atoms with Crippen LogP contribution in [0.15, 0.2) is 42.5 Å². The van der Waals surface area contributed by atoms with Crippen LogP contribution in [-0.4, -0.2) is 18.7 Å². The molecule has 4 nitrogen and oxygen atoms in total. The molecule has 0 bridgehead atoms. The van der Waals surface area contributed by atoms with E-state index in [1.165, 1.54) is 0 Å². The fourth-order valence-electron chi connectivity index (χ4n) is 1.99. The summed E-state index contributed by atoms with van der Waals surface area (Å²) in [7, 11) is 0. The van der Waals surface area contributed by atoms with Crippen LogP contribution in [0.1, 0.15) is 19.4 Å². The maximum Gasteiger partial charge on any atom is 0.416 e. The van der Waals surface area contributed by atoms with Gasteiger partial charge in [-0.1, -0.05) is 11.6 Å². The third kappa shape index (κ3) is 5.29. The molecule has 8 heteroatoms. The molecule has 0 saturated heterocycles. The number of ether oxygens (including phenoxy) is 3. The first-order chi connectivity index (χ1) is 12.2. The fraction of sp³-hybridized carbons (Fsp3) is 0.278. The molecule has 2 aromatic rings. The van der Waals surface area contributed by atoms with Crippen molar-refractivity contribution in [1.29, 1.82) is 0 Å². The molecule has 0 heterocycles. The van der Waals surface area contributed by atoms with E-state index in [1.807, 2.05) is 0 Å². The van der Waals surface area contributed by atoms with Crippen LogP contribution in [0.2, 0.25) is 5.02 Å². The minimum absolute atomic E-state index is 0.0910. The van der Waals surface area contributed by atoms with Crippen molar-refractivity contribution in [3.63, 3.8) is 0 Å². The van der Waals surface area contributed by atoms with Crippen molar-refractivity contribution in [3.05, 3.63) is 53.1 Å². The molecule has 140 valence electrons. The van der Waals surface area contributed by atoms with E-state index in [0.717, 1.165) is 18.2 Å². The van der Waals surface area contributed by atoms with Gasteiger partial charge in [0.25, 0.3) is 0 Å². The Bertz CT molecular complexity index is 760. The van der Waals surface area contributed by atoms with Crippen LogP contribution in [0.4, 0.5) is 13.2 Å². The molecule has 2 aromatic carbocycles. The van der Waals surface area contributed by atoms with Gasteiger partial charge < -0.3 is 14.2 Å². The second kappa shape index (κ2) is 8.31. The van der Waals surface area contributed by atoms with Crippen LogP contribution >= 0.6 is 11.6 Å². The summed E-state index contributed by atoms with van der Waals surface area (Å²) in [6, 6.07) is 9.04. The zero-order valence-corrected chi connectivity index (χ0v) is 14.7. The van der Waals surface area contributed by atoms with E-state index in [2.05, 4.69) is 0 Å². The van der Waals surface area contributed by atoms with Crippen molar-refractivity contribution in [2.75, 3.05) is 6.61 Å². The molecule has 0 aliphatic heterocycles. The maximum absolute atomic E-state index is 12.6. The average molecular weight is 389 g/mol. The first-order valence-electron chi connectivity index (χ1n) is 7.68. The summed E-state index contributed by atoms with van der Waals surface area (Å²) < 4.78 is 53.6. The quantitative estimate of drug-likeness (QED) is 0.614. The van der Waals surface area contributed by atoms with Crippen molar-refractivity contribution in [2.24, 2.45) is 0 Å². The number of alkyl halides is 3. The highest BCUT2D eigenvalue weighted by molar-refractivity contribution is 6.32. The summed E-state index contributed by atoms with van der Waals surface area (Å²) in [4.78, 5) is 11.5. The predicted octanol–water partition coefficient (Wildman–Crippen LogP) is 5.48. The Balaban J connectivity index is 2.04. The van der Waals surface area contributed by atoms with Crippen molar-refractivity contribution >= 4 is 17.6 Å². The average Bonchev–Trinajstić information content (AvgIpc) is 2.57. The molecule has 0 aromatic heterocycles. The summed E-state index contributed by atoms with van der Waals surface area (Å²) in [6.07, 6.45) is -5.25. The van der Waals surface area contributed by atoms with Gasteiger partial charge in [0.05, 0.1) is 17.2 Å². The number of hydrogen-bond acceptors (Lipinski definition) is 4. The second-order valence-corrected chi connectivity index (χ2v) is 5.64. The lowest BCUT2D eigenvalue weighted by atomic mass is 10.2. The number of rotatable bonds is 6. The van der Waals surface area contributed by atoms with Crippen LogP contribution in [0.3, 0.4) is 0 Å². The molecule has 0 spiro atoms. The maximum atomic E-state index is 12.6. The number of halogens is 4. The molecule has 0 radical (unpaired) electrons. The predicted molar refractivity (Wildman–Crippen MR) is 89.7 cm³/mol. The van der Waals surface area contributed by atoms with Crippen LogP contribution in [0, 0.1) is 0 Å². The van der Waals surface area contributed by atoms with Crippen molar-refractivity contribution in [3.8, 4) is 17.2 Å². The molecule has 0 fully saturated rings. The van der Waals surface area contributed by atoms with Gasteiger partial charge in [0.2, 0.25) is 0 Å². The Kier molecular flexibility index (Phi) is 6.37. The number of esters is 1. The number of benzene rings is 2.